The molecule has 3 rings (SSSR count). The number of nitrogens with zero attached hydrogens (tertiary/aromatic N) is 2. The zero-order valence-corrected chi connectivity index (χ0v) is 15.5. The van der Waals surface area contributed by atoms with E-state index >= 15 is 0 Å². The first-order chi connectivity index (χ1) is 12.1. The van der Waals surface area contributed by atoms with Crippen LogP contribution in [-0.2, 0) is 9.59 Å². The topological polar surface area (TPSA) is 60.9 Å². The lowest BCUT2D eigenvalue weighted by Crippen LogP contribution is -2.47. The lowest BCUT2D eigenvalue weighted by Gasteiger charge is -2.40. The molecule has 0 bridgehead atoms. The van der Waals surface area contributed by atoms with Gasteiger partial charge in [-0.05, 0) is 70.0 Å². The highest BCUT2D eigenvalue weighted by Crippen LogP contribution is 2.32. The highest BCUT2D eigenvalue weighted by atomic mass is 16.4. The Hall–Kier alpha value is -1.10. The van der Waals surface area contributed by atoms with Crippen LogP contribution in [0.1, 0.15) is 64.2 Å². The first kappa shape index (κ1) is 18.7. The van der Waals surface area contributed by atoms with E-state index in [0.29, 0.717) is 11.8 Å². The molecular formula is C20H34N2O3. The predicted molar refractivity (Wildman–Crippen MR) is 97.3 cm³/mol. The van der Waals surface area contributed by atoms with Crippen molar-refractivity contribution in [3.63, 3.8) is 0 Å². The second-order valence-corrected chi connectivity index (χ2v) is 8.36. The van der Waals surface area contributed by atoms with Crippen LogP contribution >= 0.6 is 0 Å². The summed E-state index contributed by atoms with van der Waals surface area (Å²) >= 11 is 0. The minimum Gasteiger partial charge on any atom is -0.481 e. The van der Waals surface area contributed by atoms with Gasteiger partial charge >= 0.3 is 5.97 Å². The lowest BCUT2D eigenvalue weighted by atomic mass is 9.80. The molecule has 0 aromatic carbocycles. The van der Waals surface area contributed by atoms with Crippen LogP contribution in [0.4, 0.5) is 0 Å². The lowest BCUT2D eigenvalue weighted by molar-refractivity contribution is -0.141. The Kier molecular flexibility index (Phi) is 6.74. The van der Waals surface area contributed by atoms with E-state index in [9.17, 15) is 14.7 Å². The standard InChI is InChI=1S/C20H34N2O3/c23-19(24)14-17-9-13-22(20(25)16-6-2-1-3-7-16)15-18(17)8-12-21-10-4-5-11-21/h16-18H,1-15H2,(H,23,24)/t17-,18-/m0/s1. The molecule has 3 aliphatic rings. The average molecular weight is 351 g/mol. The third-order valence-electron chi connectivity index (χ3n) is 6.61. The van der Waals surface area contributed by atoms with Crippen molar-refractivity contribution in [3.8, 4) is 0 Å². The van der Waals surface area contributed by atoms with Gasteiger partial charge in [0, 0.05) is 25.4 Å². The van der Waals surface area contributed by atoms with Crippen molar-refractivity contribution in [1.29, 1.82) is 0 Å². The summed E-state index contributed by atoms with van der Waals surface area (Å²) < 4.78 is 0. The van der Waals surface area contributed by atoms with Crippen LogP contribution in [-0.4, -0.2) is 59.5 Å². The second-order valence-electron chi connectivity index (χ2n) is 8.36. The number of piperidine rings is 1. The quantitative estimate of drug-likeness (QED) is 0.800. The van der Waals surface area contributed by atoms with Crippen molar-refractivity contribution in [1.82, 2.24) is 9.80 Å². The number of likely N-dealkylation sites (tertiary alicyclic amines) is 2. The van der Waals surface area contributed by atoms with Crippen molar-refractivity contribution in [2.24, 2.45) is 17.8 Å². The van der Waals surface area contributed by atoms with Gasteiger partial charge in [0.15, 0.2) is 0 Å². The largest absolute Gasteiger partial charge is 0.481 e. The highest BCUT2D eigenvalue weighted by molar-refractivity contribution is 5.79. The van der Waals surface area contributed by atoms with Crippen LogP contribution in [0.2, 0.25) is 0 Å². The van der Waals surface area contributed by atoms with E-state index in [1.54, 1.807) is 0 Å². The highest BCUT2D eigenvalue weighted by Gasteiger charge is 2.35. The maximum atomic E-state index is 12.9. The molecule has 0 spiro atoms. The van der Waals surface area contributed by atoms with Crippen LogP contribution in [0.5, 0.6) is 0 Å². The third kappa shape index (κ3) is 5.19. The minimum atomic E-state index is -0.691. The summed E-state index contributed by atoms with van der Waals surface area (Å²) in [5.41, 5.74) is 0. The Morgan fingerprint density at radius 2 is 1.60 bits per heavy atom. The molecule has 2 aliphatic heterocycles. The summed E-state index contributed by atoms with van der Waals surface area (Å²) in [4.78, 5) is 28.7. The zero-order valence-electron chi connectivity index (χ0n) is 15.5. The fourth-order valence-electron chi connectivity index (χ4n) is 5.06. The van der Waals surface area contributed by atoms with E-state index in [4.69, 9.17) is 0 Å². The Morgan fingerprint density at radius 3 is 2.28 bits per heavy atom. The molecule has 0 aromatic rings. The van der Waals surface area contributed by atoms with Crippen LogP contribution < -0.4 is 0 Å². The van der Waals surface area contributed by atoms with Gasteiger partial charge in [0.25, 0.3) is 0 Å². The van der Waals surface area contributed by atoms with Gasteiger partial charge in [0.05, 0.1) is 0 Å². The van der Waals surface area contributed by atoms with Crippen LogP contribution in [0.15, 0.2) is 0 Å². The van der Waals surface area contributed by atoms with Crippen LogP contribution in [0, 0.1) is 17.8 Å². The normalized spacial score (nSPS) is 29.0. The summed E-state index contributed by atoms with van der Waals surface area (Å²) in [5.74, 6) is 0.459. The fraction of sp³-hybridized carbons (Fsp3) is 0.900. The number of hydrogen-bond donors (Lipinski definition) is 1. The number of carboxylic acid groups (broad SMARTS) is 1. The first-order valence-corrected chi connectivity index (χ1v) is 10.4. The molecule has 0 radical (unpaired) electrons. The van der Waals surface area contributed by atoms with Crippen LogP contribution in [0.25, 0.3) is 0 Å². The summed E-state index contributed by atoms with van der Waals surface area (Å²) in [5, 5.41) is 9.25. The summed E-state index contributed by atoms with van der Waals surface area (Å²) in [6.07, 6.45) is 10.5. The molecule has 3 fully saturated rings. The molecule has 5 heteroatoms. The second kappa shape index (κ2) is 9.02. The summed E-state index contributed by atoms with van der Waals surface area (Å²) in [7, 11) is 0. The first-order valence-electron chi connectivity index (χ1n) is 10.4. The number of carbonyl (C=O) groups is 2. The van der Waals surface area contributed by atoms with E-state index in [1.165, 1.54) is 45.2 Å². The smallest absolute Gasteiger partial charge is 0.303 e. The molecule has 2 heterocycles. The van der Waals surface area contributed by atoms with Crippen molar-refractivity contribution in [3.05, 3.63) is 0 Å². The fourth-order valence-corrected chi connectivity index (χ4v) is 5.06. The number of rotatable bonds is 6. The van der Waals surface area contributed by atoms with Gasteiger partial charge in [-0.25, -0.2) is 0 Å². The van der Waals surface area contributed by atoms with Crippen molar-refractivity contribution < 1.29 is 14.7 Å². The molecule has 1 N–H and O–H groups in total. The minimum absolute atomic E-state index is 0.226. The molecule has 2 saturated heterocycles. The molecule has 2 atom stereocenters. The van der Waals surface area contributed by atoms with Gasteiger partial charge in [-0.2, -0.15) is 0 Å². The molecule has 25 heavy (non-hydrogen) atoms. The van der Waals surface area contributed by atoms with Gasteiger partial charge in [0.1, 0.15) is 0 Å². The average Bonchev–Trinajstić information content (AvgIpc) is 3.14. The van der Waals surface area contributed by atoms with Gasteiger partial charge in [-0.1, -0.05) is 19.3 Å². The molecule has 1 saturated carbocycles. The number of amides is 1. The number of carboxylic acids is 1. The van der Waals surface area contributed by atoms with Gasteiger partial charge in [-0.15, -0.1) is 0 Å². The maximum Gasteiger partial charge on any atom is 0.303 e. The Balaban J connectivity index is 1.57. The van der Waals surface area contributed by atoms with Gasteiger partial charge in [-0.3, -0.25) is 9.59 Å². The maximum absolute atomic E-state index is 12.9. The molecule has 1 aliphatic carbocycles. The Bertz CT molecular complexity index is 456. The molecule has 142 valence electrons. The van der Waals surface area contributed by atoms with E-state index in [2.05, 4.69) is 9.80 Å². The number of carbonyl (C=O) groups excluding carboxylic acids is 1. The van der Waals surface area contributed by atoms with E-state index in [-0.39, 0.29) is 18.3 Å². The van der Waals surface area contributed by atoms with E-state index in [1.807, 2.05) is 0 Å². The monoisotopic (exact) mass is 350 g/mol. The van der Waals surface area contributed by atoms with Crippen molar-refractivity contribution in [2.45, 2.75) is 64.2 Å². The van der Waals surface area contributed by atoms with Gasteiger partial charge in [0.2, 0.25) is 5.91 Å². The van der Waals surface area contributed by atoms with Crippen LogP contribution in [0.3, 0.4) is 0 Å². The summed E-state index contributed by atoms with van der Waals surface area (Å²) in [6, 6.07) is 0. The van der Waals surface area contributed by atoms with Gasteiger partial charge < -0.3 is 14.9 Å². The number of hydrogen-bond acceptors (Lipinski definition) is 3. The molecule has 0 unspecified atom stereocenters. The molecule has 5 nitrogen and oxygen atoms in total. The Morgan fingerprint density at radius 1 is 0.880 bits per heavy atom. The molecule has 1 amide bonds. The van der Waals surface area contributed by atoms with E-state index < -0.39 is 5.97 Å². The summed E-state index contributed by atoms with van der Waals surface area (Å²) in [6.45, 7) is 4.96. The third-order valence-corrected chi connectivity index (χ3v) is 6.61. The molecular weight excluding hydrogens is 316 g/mol. The SMILES string of the molecule is O=C(O)C[C@@H]1CCN(C(=O)C2CCCCC2)C[C@@H]1CCN1CCCC1. The number of aliphatic carboxylic acids is 1. The Labute approximate surface area is 151 Å². The van der Waals surface area contributed by atoms with Crippen molar-refractivity contribution >= 4 is 11.9 Å². The van der Waals surface area contributed by atoms with E-state index in [0.717, 1.165) is 45.3 Å². The molecule has 0 aromatic heterocycles. The van der Waals surface area contributed by atoms with Crippen molar-refractivity contribution in [2.75, 3.05) is 32.7 Å². The zero-order chi connectivity index (χ0) is 17.6. The predicted octanol–water partition coefficient (Wildman–Crippen LogP) is 2.99.